The Labute approximate surface area is 209 Å². The van der Waals surface area contributed by atoms with E-state index in [2.05, 4.69) is 34.8 Å². The minimum Gasteiger partial charge on any atom is -0.481 e. The molecule has 0 unspecified atom stereocenters. The van der Waals surface area contributed by atoms with Crippen molar-refractivity contribution in [1.29, 1.82) is 0 Å². The highest BCUT2D eigenvalue weighted by Gasteiger charge is 2.36. The molecule has 2 amide bonds. The maximum Gasteiger partial charge on any atom is 0.260 e. The van der Waals surface area contributed by atoms with Gasteiger partial charge in [0.15, 0.2) is 6.10 Å². The molecule has 2 aliphatic heterocycles. The van der Waals surface area contributed by atoms with E-state index in [-0.39, 0.29) is 17.2 Å². The van der Waals surface area contributed by atoms with Crippen LogP contribution in [-0.4, -0.2) is 52.0 Å². The zero-order valence-corrected chi connectivity index (χ0v) is 21.5. The number of nitrogens with one attached hydrogen (secondary N) is 1. The third-order valence-electron chi connectivity index (χ3n) is 7.69. The first-order valence-electron chi connectivity index (χ1n) is 13.2. The zero-order chi connectivity index (χ0) is 24.8. The second-order valence-corrected chi connectivity index (χ2v) is 10.6. The lowest BCUT2D eigenvalue weighted by Gasteiger charge is -2.42. The molecule has 1 fully saturated rings. The van der Waals surface area contributed by atoms with Gasteiger partial charge >= 0.3 is 0 Å². The van der Waals surface area contributed by atoms with Crippen LogP contribution in [0.3, 0.4) is 0 Å². The molecule has 1 N–H and O–H groups in total. The molecule has 0 aliphatic carbocycles. The average Bonchev–Trinajstić information content (AvgIpc) is 3.34. The van der Waals surface area contributed by atoms with Gasteiger partial charge in [0.2, 0.25) is 5.91 Å². The van der Waals surface area contributed by atoms with E-state index in [0.717, 1.165) is 63.2 Å². The molecule has 3 heterocycles. The average molecular weight is 481 g/mol. The third-order valence-corrected chi connectivity index (χ3v) is 7.69. The number of nitrogens with zero attached hydrogens (tertiary/aromatic N) is 3. The van der Waals surface area contributed by atoms with Crippen LogP contribution in [0, 0.1) is 5.41 Å². The van der Waals surface area contributed by atoms with Gasteiger partial charge in [-0.25, -0.2) is 4.98 Å². The molecule has 7 heteroatoms. The molecular weight excluding hydrogens is 440 g/mol. The highest BCUT2D eigenvalue weighted by molar-refractivity contribution is 5.80. The van der Waals surface area contributed by atoms with Crippen molar-refractivity contribution in [2.24, 2.45) is 5.41 Å². The minimum absolute atomic E-state index is 0.0417. The maximum absolute atomic E-state index is 13.0. The maximum atomic E-state index is 13.0. The normalized spacial score (nSPS) is 21.0. The number of para-hydroxylation sites is 1. The first-order chi connectivity index (χ1) is 16.9. The molecule has 35 heavy (non-hydrogen) atoms. The number of carbonyl (C=O) groups is 2. The van der Waals surface area contributed by atoms with E-state index in [1.54, 1.807) is 0 Å². The fourth-order valence-electron chi connectivity index (χ4n) is 5.43. The molecule has 1 spiro atoms. The zero-order valence-electron chi connectivity index (χ0n) is 21.5. The number of piperidine rings is 1. The molecule has 2 aliphatic rings. The molecule has 4 rings (SSSR count). The van der Waals surface area contributed by atoms with Crippen molar-refractivity contribution < 1.29 is 14.3 Å². The SMILES string of the molecule is CC(C)c1nccn1CCC(=O)N1CCC2(CCCCc3ccccc3O[C@H](C)C(=O)NC2)CC1. The highest BCUT2D eigenvalue weighted by atomic mass is 16.5. The van der Waals surface area contributed by atoms with Crippen LogP contribution in [0.2, 0.25) is 0 Å². The van der Waals surface area contributed by atoms with Crippen LogP contribution in [0.1, 0.15) is 76.6 Å². The fraction of sp³-hybridized carbons (Fsp3) is 0.607. The predicted molar refractivity (Wildman–Crippen MR) is 136 cm³/mol. The topological polar surface area (TPSA) is 76.5 Å². The van der Waals surface area contributed by atoms with Gasteiger partial charge in [0.1, 0.15) is 11.6 Å². The summed E-state index contributed by atoms with van der Waals surface area (Å²) in [5, 5.41) is 3.17. The summed E-state index contributed by atoms with van der Waals surface area (Å²) in [6.07, 6.45) is 9.80. The molecule has 0 bridgehead atoms. The van der Waals surface area contributed by atoms with Crippen molar-refractivity contribution in [2.45, 2.75) is 84.3 Å². The summed E-state index contributed by atoms with van der Waals surface area (Å²) >= 11 is 0. The second kappa shape index (κ2) is 11.3. The standard InChI is InChI=1S/C28H40N4O3/c1-21(2)26-29-15-19-32(26)16-11-25(33)31-17-13-28(14-18-31)12-7-6-9-23-8-4-5-10-24(23)35-22(3)27(34)30-20-28/h4-5,8,10,15,19,21-22H,6-7,9,11-14,16-18,20H2,1-3H3,(H,30,34)/t22-/m1/s1. The Hall–Kier alpha value is -2.83. The van der Waals surface area contributed by atoms with Gasteiger partial charge in [0.05, 0.1) is 0 Å². The smallest absolute Gasteiger partial charge is 0.260 e. The van der Waals surface area contributed by atoms with E-state index in [4.69, 9.17) is 4.74 Å². The minimum atomic E-state index is -0.534. The van der Waals surface area contributed by atoms with Gasteiger partial charge < -0.3 is 19.5 Å². The van der Waals surface area contributed by atoms with Crippen molar-refractivity contribution in [3.05, 3.63) is 48.0 Å². The molecule has 2 aromatic rings. The van der Waals surface area contributed by atoms with Crippen molar-refractivity contribution >= 4 is 11.8 Å². The Morgan fingerprint density at radius 2 is 1.97 bits per heavy atom. The fourth-order valence-corrected chi connectivity index (χ4v) is 5.43. The van der Waals surface area contributed by atoms with E-state index in [0.29, 0.717) is 25.4 Å². The number of benzene rings is 1. The Morgan fingerprint density at radius 1 is 1.20 bits per heavy atom. The lowest BCUT2D eigenvalue weighted by Crippen LogP contribution is -2.49. The molecule has 7 nitrogen and oxygen atoms in total. The molecule has 0 saturated carbocycles. The van der Waals surface area contributed by atoms with E-state index >= 15 is 0 Å². The molecule has 1 aromatic heterocycles. The quantitative estimate of drug-likeness (QED) is 0.707. The summed E-state index contributed by atoms with van der Waals surface area (Å²) in [6.45, 7) is 8.89. The Morgan fingerprint density at radius 3 is 2.74 bits per heavy atom. The second-order valence-electron chi connectivity index (χ2n) is 10.6. The van der Waals surface area contributed by atoms with E-state index < -0.39 is 6.10 Å². The van der Waals surface area contributed by atoms with E-state index in [9.17, 15) is 9.59 Å². The van der Waals surface area contributed by atoms with Crippen LogP contribution in [-0.2, 0) is 22.6 Å². The molecule has 1 saturated heterocycles. The number of ether oxygens (including phenoxy) is 1. The van der Waals surface area contributed by atoms with Gasteiger partial charge in [0, 0.05) is 50.9 Å². The molecule has 1 aromatic carbocycles. The van der Waals surface area contributed by atoms with Gasteiger partial charge in [-0.2, -0.15) is 0 Å². The van der Waals surface area contributed by atoms with Crippen LogP contribution in [0.25, 0.3) is 0 Å². The lowest BCUT2D eigenvalue weighted by atomic mass is 9.74. The van der Waals surface area contributed by atoms with Gasteiger partial charge in [-0.15, -0.1) is 0 Å². The van der Waals surface area contributed by atoms with Crippen molar-refractivity contribution in [3.8, 4) is 5.75 Å². The van der Waals surface area contributed by atoms with Crippen molar-refractivity contribution in [2.75, 3.05) is 19.6 Å². The van der Waals surface area contributed by atoms with Gasteiger partial charge in [-0.05, 0) is 56.1 Å². The number of fused-ring (bicyclic) bond motifs is 1. The summed E-state index contributed by atoms with van der Waals surface area (Å²) in [5.74, 6) is 2.32. The monoisotopic (exact) mass is 480 g/mol. The first kappa shape index (κ1) is 25.3. The van der Waals surface area contributed by atoms with E-state index in [1.807, 2.05) is 42.4 Å². The number of hydrogen-bond donors (Lipinski definition) is 1. The molecular formula is C28H40N4O3. The molecule has 190 valence electrons. The summed E-state index contributed by atoms with van der Waals surface area (Å²) in [5.41, 5.74) is 1.21. The summed E-state index contributed by atoms with van der Waals surface area (Å²) in [4.78, 5) is 32.2. The molecule has 1 atom stereocenters. The van der Waals surface area contributed by atoms with Crippen molar-refractivity contribution in [1.82, 2.24) is 19.8 Å². The predicted octanol–water partition coefficient (Wildman–Crippen LogP) is 4.32. The number of rotatable bonds is 4. The largest absolute Gasteiger partial charge is 0.481 e. The van der Waals surface area contributed by atoms with Crippen LogP contribution < -0.4 is 10.1 Å². The summed E-state index contributed by atoms with van der Waals surface area (Å²) in [6, 6.07) is 8.04. The number of imidazole rings is 1. The van der Waals surface area contributed by atoms with E-state index in [1.165, 1.54) is 5.56 Å². The Bertz CT molecular complexity index is 1010. The number of aryl methyl sites for hydroxylation is 2. The number of aromatic nitrogens is 2. The number of amides is 2. The number of likely N-dealkylation sites (tertiary alicyclic amines) is 1. The van der Waals surface area contributed by atoms with Crippen LogP contribution in [0.5, 0.6) is 5.75 Å². The van der Waals surface area contributed by atoms with Crippen LogP contribution in [0.4, 0.5) is 0 Å². The Balaban J connectivity index is 1.34. The number of carbonyl (C=O) groups excluding carboxylic acids is 2. The molecule has 0 radical (unpaired) electrons. The lowest BCUT2D eigenvalue weighted by molar-refractivity contribution is -0.134. The number of hydrogen-bond acceptors (Lipinski definition) is 4. The first-order valence-corrected chi connectivity index (χ1v) is 13.2. The summed E-state index contributed by atoms with van der Waals surface area (Å²) in [7, 11) is 0. The van der Waals surface area contributed by atoms with Gasteiger partial charge in [-0.3, -0.25) is 9.59 Å². The van der Waals surface area contributed by atoms with Gasteiger partial charge in [-0.1, -0.05) is 38.5 Å². The van der Waals surface area contributed by atoms with Crippen molar-refractivity contribution in [3.63, 3.8) is 0 Å². The van der Waals surface area contributed by atoms with Crippen LogP contribution in [0.15, 0.2) is 36.7 Å². The highest BCUT2D eigenvalue weighted by Crippen LogP contribution is 2.37. The van der Waals surface area contributed by atoms with Crippen LogP contribution >= 0.6 is 0 Å². The third kappa shape index (κ3) is 6.24. The van der Waals surface area contributed by atoms with Gasteiger partial charge in [0.25, 0.3) is 5.91 Å². The summed E-state index contributed by atoms with van der Waals surface area (Å²) < 4.78 is 8.11. The Kier molecular flexibility index (Phi) is 8.14.